The van der Waals surface area contributed by atoms with Crippen molar-refractivity contribution in [2.75, 3.05) is 6.54 Å². The Hall–Kier alpha value is -1.13. The van der Waals surface area contributed by atoms with E-state index in [0.29, 0.717) is 5.56 Å². The van der Waals surface area contributed by atoms with E-state index >= 15 is 0 Å². The number of rotatable bonds is 3. The first kappa shape index (κ1) is 10.9. The molecule has 0 aliphatic rings. The van der Waals surface area contributed by atoms with Gasteiger partial charge in [-0.25, -0.2) is 4.98 Å². The summed E-state index contributed by atoms with van der Waals surface area (Å²) in [4.78, 5) is 14.8. The fourth-order valence-electron chi connectivity index (χ4n) is 1.16. The molecule has 1 atom stereocenters. The second kappa shape index (κ2) is 4.39. The number of aliphatic carboxylic acids is 1. The van der Waals surface area contributed by atoms with Crippen LogP contribution in [0, 0.1) is 6.92 Å². The monoisotopic (exact) mass is 214 g/mol. The molecule has 1 aromatic rings. The van der Waals surface area contributed by atoms with Crippen molar-refractivity contribution in [1.29, 1.82) is 0 Å². The van der Waals surface area contributed by atoms with Gasteiger partial charge in [0.2, 0.25) is 0 Å². The smallest absolute Gasteiger partial charge is 0.312 e. The Bertz CT molecular complexity index is 355. The van der Waals surface area contributed by atoms with Crippen LogP contribution < -0.4 is 5.73 Å². The van der Waals surface area contributed by atoms with Crippen LogP contribution in [0.25, 0.3) is 0 Å². The number of hydrogen-bond donors (Lipinski definition) is 2. The molecule has 0 radical (unpaired) electrons. The summed E-state index contributed by atoms with van der Waals surface area (Å²) in [5.41, 5.74) is 6.56. The normalized spacial score (nSPS) is 12.5. The molecule has 14 heavy (non-hydrogen) atoms. The Morgan fingerprint density at radius 2 is 2.36 bits per heavy atom. The van der Waals surface area contributed by atoms with E-state index < -0.39 is 11.9 Å². The van der Waals surface area contributed by atoms with Gasteiger partial charge < -0.3 is 10.8 Å². The van der Waals surface area contributed by atoms with E-state index in [1.807, 2.05) is 0 Å². The molecular weight excluding hydrogens is 204 g/mol. The lowest BCUT2D eigenvalue weighted by Gasteiger charge is -2.11. The molecule has 0 fully saturated rings. The highest BCUT2D eigenvalue weighted by atomic mass is 35.5. The minimum absolute atomic E-state index is 0.0137. The van der Waals surface area contributed by atoms with Gasteiger partial charge in [0.25, 0.3) is 0 Å². The van der Waals surface area contributed by atoms with E-state index in [0.717, 1.165) is 5.69 Å². The molecule has 0 bridgehead atoms. The molecule has 0 saturated carbocycles. The van der Waals surface area contributed by atoms with Crippen LogP contribution in [0.4, 0.5) is 0 Å². The number of nitrogens with two attached hydrogens (primary N) is 1. The molecule has 0 spiro atoms. The lowest BCUT2D eigenvalue weighted by atomic mass is 10.0. The molecule has 3 N–H and O–H groups in total. The number of nitrogens with zero attached hydrogens (tertiary/aromatic N) is 1. The molecule has 4 nitrogen and oxygen atoms in total. The topological polar surface area (TPSA) is 76.2 Å². The van der Waals surface area contributed by atoms with Crippen molar-refractivity contribution in [2.45, 2.75) is 12.8 Å². The molecule has 0 saturated heterocycles. The van der Waals surface area contributed by atoms with Gasteiger partial charge in [-0.05, 0) is 13.0 Å². The number of carboxylic acid groups (broad SMARTS) is 1. The highest BCUT2D eigenvalue weighted by Gasteiger charge is 2.21. The van der Waals surface area contributed by atoms with Crippen LogP contribution in [0.1, 0.15) is 17.2 Å². The average Bonchev–Trinajstić information content (AvgIpc) is 2.09. The zero-order valence-corrected chi connectivity index (χ0v) is 8.45. The van der Waals surface area contributed by atoms with Crippen molar-refractivity contribution in [1.82, 2.24) is 4.98 Å². The van der Waals surface area contributed by atoms with E-state index in [1.54, 1.807) is 19.1 Å². The zero-order chi connectivity index (χ0) is 10.7. The van der Waals surface area contributed by atoms with Crippen LogP contribution >= 0.6 is 11.6 Å². The fraction of sp³-hybridized carbons (Fsp3) is 0.333. The summed E-state index contributed by atoms with van der Waals surface area (Å²) < 4.78 is 0. The van der Waals surface area contributed by atoms with E-state index in [9.17, 15) is 4.79 Å². The van der Waals surface area contributed by atoms with Gasteiger partial charge in [-0.1, -0.05) is 17.7 Å². The van der Waals surface area contributed by atoms with E-state index in [1.165, 1.54) is 0 Å². The minimum atomic E-state index is -0.986. The van der Waals surface area contributed by atoms with Crippen molar-refractivity contribution in [3.63, 3.8) is 0 Å². The van der Waals surface area contributed by atoms with Crippen molar-refractivity contribution >= 4 is 17.6 Å². The summed E-state index contributed by atoms with van der Waals surface area (Å²) in [6.07, 6.45) is 0. The van der Waals surface area contributed by atoms with Gasteiger partial charge in [0.15, 0.2) is 0 Å². The lowest BCUT2D eigenvalue weighted by molar-refractivity contribution is -0.138. The third kappa shape index (κ3) is 2.21. The van der Waals surface area contributed by atoms with Gasteiger partial charge in [-0.2, -0.15) is 0 Å². The summed E-state index contributed by atoms with van der Waals surface area (Å²) >= 11 is 5.82. The third-order valence-electron chi connectivity index (χ3n) is 1.93. The maximum atomic E-state index is 10.8. The van der Waals surface area contributed by atoms with Crippen LogP contribution in [-0.4, -0.2) is 22.6 Å². The number of hydrogen-bond acceptors (Lipinski definition) is 3. The first-order chi connectivity index (χ1) is 6.56. The third-order valence-corrected chi connectivity index (χ3v) is 2.23. The Labute approximate surface area is 86.7 Å². The molecular formula is C9H11ClN2O2. The zero-order valence-electron chi connectivity index (χ0n) is 7.70. The SMILES string of the molecule is Cc1ccc(C(CN)C(=O)O)c(Cl)n1. The number of halogens is 1. The Kier molecular flexibility index (Phi) is 3.43. The number of carboxylic acids is 1. The maximum absolute atomic E-state index is 10.8. The van der Waals surface area contributed by atoms with Gasteiger partial charge in [0.1, 0.15) is 5.15 Å². The molecule has 1 rings (SSSR count). The molecule has 0 amide bonds. The van der Waals surface area contributed by atoms with Crippen LogP contribution in [0.2, 0.25) is 5.15 Å². The average molecular weight is 215 g/mol. The van der Waals surface area contributed by atoms with Gasteiger partial charge in [-0.3, -0.25) is 4.79 Å². The summed E-state index contributed by atoms with van der Waals surface area (Å²) in [6, 6.07) is 3.36. The highest BCUT2D eigenvalue weighted by molar-refractivity contribution is 6.30. The molecule has 0 aliphatic carbocycles. The highest BCUT2D eigenvalue weighted by Crippen LogP contribution is 2.22. The van der Waals surface area contributed by atoms with Crippen LogP contribution in [0.15, 0.2) is 12.1 Å². The van der Waals surface area contributed by atoms with Crippen LogP contribution in [0.3, 0.4) is 0 Å². The van der Waals surface area contributed by atoms with Crippen molar-refractivity contribution < 1.29 is 9.90 Å². The number of aryl methyl sites for hydroxylation is 1. The molecule has 1 unspecified atom stereocenters. The second-order valence-corrected chi connectivity index (χ2v) is 3.32. The quantitative estimate of drug-likeness (QED) is 0.741. The number of carbonyl (C=O) groups is 1. The van der Waals surface area contributed by atoms with Gasteiger partial charge >= 0.3 is 5.97 Å². The van der Waals surface area contributed by atoms with Crippen LogP contribution in [-0.2, 0) is 4.79 Å². The lowest BCUT2D eigenvalue weighted by Crippen LogP contribution is -2.21. The van der Waals surface area contributed by atoms with Crippen LogP contribution in [0.5, 0.6) is 0 Å². The first-order valence-electron chi connectivity index (χ1n) is 4.12. The molecule has 76 valence electrons. The van der Waals surface area contributed by atoms with Crippen molar-refractivity contribution in [2.24, 2.45) is 5.73 Å². The molecule has 0 aliphatic heterocycles. The standard InChI is InChI=1S/C9H11ClN2O2/c1-5-2-3-6(8(10)12-5)7(4-11)9(13)14/h2-3,7H,4,11H2,1H3,(H,13,14). The molecule has 1 heterocycles. The molecule has 1 aromatic heterocycles. The largest absolute Gasteiger partial charge is 0.481 e. The van der Waals surface area contributed by atoms with Crippen molar-refractivity contribution in [3.05, 3.63) is 28.5 Å². The first-order valence-corrected chi connectivity index (χ1v) is 4.50. The Morgan fingerprint density at radius 3 is 2.79 bits per heavy atom. The summed E-state index contributed by atoms with van der Waals surface area (Å²) in [5, 5.41) is 9.06. The second-order valence-electron chi connectivity index (χ2n) is 2.96. The van der Waals surface area contributed by atoms with Crippen molar-refractivity contribution in [3.8, 4) is 0 Å². The Balaban J connectivity index is 3.10. The van der Waals surface area contributed by atoms with E-state index in [4.69, 9.17) is 22.4 Å². The van der Waals surface area contributed by atoms with Gasteiger partial charge in [0.05, 0.1) is 5.92 Å². The number of pyridine rings is 1. The van der Waals surface area contributed by atoms with Gasteiger partial charge in [-0.15, -0.1) is 0 Å². The molecule has 5 heteroatoms. The minimum Gasteiger partial charge on any atom is -0.481 e. The van der Waals surface area contributed by atoms with Gasteiger partial charge in [0, 0.05) is 17.8 Å². The number of aromatic nitrogens is 1. The maximum Gasteiger partial charge on any atom is 0.312 e. The van der Waals surface area contributed by atoms with E-state index in [2.05, 4.69) is 4.98 Å². The van der Waals surface area contributed by atoms with E-state index in [-0.39, 0.29) is 11.7 Å². The summed E-state index contributed by atoms with van der Waals surface area (Å²) in [6.45, 7) is 1.80. The molecule has 0 aromatic carbocycles. The summed E-state index contributed by atoms with van der Waals surface area (Å²) in [7, 11) is 0. The summed E-state index contributed by atoms with van der Waals surface area (Å²) in [5.74, 6) is -1.77. The fourth-order valence-corrected chi connectivity index (χ4v) is 1.48. The predicted molar refractivity (Wildman–Crippen MR) is 53.4 cm³/mol. The Morgan fingerprint density at radius 1 is 1.71 bits per heavy atom. The predicted octanol–water partition coefficient (Wildman–Crippen LogP) is 1.17.